The number of ether oxygens (including phenoxy) is 2. The normalized spacial score (nSPS) is 13.0. The van der Waals surface area contributed by atoms with Crippen LogP contribution in [0.2, 0.25) is 0 Å². The molecule has 0 aromatic heterocycles. The molecule has 0 saturated heterocycles. The first kappa shape index (κ1) is 57.5. The van der Waals surface area contributed by atoms with E-state index in [4.69, 9.17) is 9.47 Å². The van der Waals surface area contributed by atoms with Crippen molar-refractivity contribution < 1.29 is 9.47 Å². The van der Waals surface area contributed by atoms with Crippen LogP contribution in [-0.2, 0) is 21.7 Å². The Morgan fingerprint density at radius 3 is 0.898 bits per heavy atom. The van der Waals surface area contributed by atoms with Crippen LogP contribution in [0.4, 0.5) is 51.2 Å². The molecule has 2 aliphatic heterocycles. The predicted octanol–water partition coefficient (Wildman–Crippen LogP) is 24.5. The molecule has 0 saturated carbocycles. The molecule has 0 N–H and O–H groups in total. The Balaban J connectivity index is 0.810. The van der Waals surface area contributed by atoms with Gasteiger partial charge in [0.1, 0.15) is 0 Å². The minimum absolute atomic E-state index is 0.0275. The topological polar surface area (TPSA) is 28.2 Å². The number of nitrogens with zero attached hydrogens (tertiary/aromatic N) is 3. The van der Waals surface area contributed by atoms with Crippen molar-refractivity contribution in [2.75, 3.05) is 14.7 Å². The zero-order chi connectivity index (χ0) is 61.4. The molecule has 5 nitrogen and oxygen atoms in total. The maximum atomic E-state index is 7.01. The number of fused-ring (bicyclic) bond motifs is 4. The van der Waals surface area contributed by atoms with E-state index in [0.29, 0.717) is 0 Å². The van der Waals surface area contributed by atoms with Crippen LogP contribution in [0.1, 0.15) is 111 Å². The van der Waals surface area contributed by atoms with Gasteiger partial charge in [0, 0.05) is 28.4 Å². The van der Waals surface area contributed by atoms with E-state index in [1.54, 1.807) is 0 Å². The van der Waals surface area contributed by atoms with Crippen molar-refractivity contribution in [3.63, 3.8) is 0 Å². The van der Waals surface area contributed by atoms with Gasteiger partial charge < -0.3 is 24.2 Å². The fraction of sp³-hybridized carbons (Fsp3) is 0.205. The lowest BCUT2D eigenvalue weighted by atomic mass is 9.84. The van der Waals surface area contributed by atoms with E-state index >= 15 is 0 Å². The summed E-state index contributed by atoms with van der Waals surface area (Å²) in [7, 11) is 0. The van der Waals surface area contributed by atoms with Crippen LogP contribution in [-0.4, -0.2) is 0 Å². The number of rotatable bonds is 9. The third-order valence-corrected chi connectivity index (χ3v) is 17.6. The SMILES string of the molecule is Cc1cc(N2c3ccc(-c4ccc(N(c5ccccc5)c5ccc(-c6ccc7c(c6)Oc6cc(-c8ccc(C(C)(C)C)cc8)ccc6N7c6ccc(C(C)(C)C)cc6)cc5)cc4)cc3Oc3cc(-c4ccc(C(C)(C)C)cc4)ccc32)ccc1C(C)(C)C. The molecule has 0 aliphatic carbocycles. The molecule has 0 amide bonds. The van der Waals surface area contributed by atoms with Gasteiger partial charge in [-0.1, -0.05) is 217 Å². The van der Waals surface area contributed by atoms with Gasteiger partial charge in [-0.3, -0.25) is 0 Å². The van der Waals surface area contributed by atoms with Crippen LogP contribution >= 0.6 is 0 Å². The summed E-state index contributed by atoms with van der Waals surface area (Å²) in [6, 6.07) is 88.7. The van der Waals surface area contributed by atoms with Gasteiger partial charge in [0.25, 0.3) is 0 Å². The van der Waals surface area contributed by atoms with Crippen molar-refractivity contribution in [3.05, 3.63) is 270 Å². The maximum Gasteiger partial charge on any atom is 0.152 e. The third-order valence-electron chi connectivity index (χ3n) is 17.6. The van der Waals surface area contributed by atoms with Gasteiger partial charge in [0.05, 0.1) is 22.7 Å². The van der Waals surface area contributed by atoms with Crippen molar-refractivity contribution in [3.8, 4) is 67.5 Å². The summed E-state index contributed by atoms with van der Waals surface area (Å²) in [6.45, 7) is 29.4. The van der Waals surface area contributed by atoms with Gasteiger partial charge >= 0.3 is 0 Å². The molecule has 88 heavy (non-hydrogen) atoms. The van der Waals surface area contributed by atoms with E-state index < -0.39 is 0 Å². The highest BCUT2D eigenvalue weighted by molar-refractivity contribution is 5.92. The van der Waals surface area contributed by atoms with Crippen LogP contribution in [0.25, 0.3) is 44.5 Å². The summed E-state index contributed by atoms with van der Waals surface area (Å²) in [4.78, 5) is 7.02. The minimum Gasteiger partial charge on any atom is -0.453 e. The van der Waals surface area contributed by atoms with Crippen molar-refractivity contribution in [1.29, 1.82) is 0 Å². The molecular formula is C83H79N3O2. The van der Waals surface area contributed by atoms with Gasteiger partial charge in [0.15, 0.2) is 23.0 Å². The molecule has 0 unspecified atom stereocenters. The maximum absolute atomic E-state index is 7.01. The van der Waals surface area contributed by atoms with Gasteiger partial charge in [-0.05, 0) is 210 Å². The highest BCUT2D eigenvalue weighted by Gasteiger charge is 2.31. The molecule has 438 valence electrons. The van der Waals surface area contributed by atoms with Crippen LogP contribution in [0.15, 0.2) is 243 Å². The van der Waals surface area contributed by atoms with Crippen molar-refractivity contribution >= 4 is 51.2 Å². The Kier molecular flexibility index (Phi) is 14.4. The first-order valence-electron chi connectivity index (χ1n) is 31.0. The number of hydrogen-bond donors (Lipinski definition) is 0. The van der Waals surface area contributed by atoms with Gasteiger partial charge in [-0.2, -0.15) is 0 Å². The number of anilines is 9. The molecular weight excluding hydrogens is 1070 g/mol. The van der Waals surface area contributed by atoms with E-state index in [1.807, 2.05) is 0 Å². The average Bonchev–Trinajstić information content (AvgIpc) is 0.922. The molecule has 2 heterocycles. The molecule has 0 spiro atoms. The fourth-order valence-corrected chi connectivity index (χ4v) is 12.6. The van der Waals surface area contributed by atoms with Crippen LogP contribution in [0.5, 0.6) is 23.0 Å². The first-order valence-corrected chi connectivity index (χ1v) is 31.0. The zero-order valence-electron chi connectivity index (χ0n) is 53.3. The molecule has 0 atom stereocenters. The molecule has 0 fully saturated rings. The fourth-order valence-electron chi connectivity index (χ4n) is 12.6. The summed E-state index contributed by atoms with van der Waals surface area (Å²) in [5, 5.41) is 0. The van der Waals surface area contributed by atoms with E-state index in [0.717, 1.165) is 119 Å². The Hall–Kier alpha value is -9.58. The second kappa shape index (κ2) is 22.0. The predicted molar refractivity (Wildman–Crippen MR) is 372 cm³/mol. The molecule has 0 radical (unpaired) electrons. The van der Waals surface area contributed by atoms with Crippen molar-refractivity contribution in [2.24, 2.45) is 0 Å². The summed E-state index contributed by atoms with van der Waals surface area (Å²) in [5.41, 5.74) is 25.0. The van der Waals surface area contributed by atoms with Crippen LogP contribution in [0, 0.1) is 6.92 Å². The van der Waals surface area contributed by atoms with Crippen LogP contribution in [0.3, 0.4) is 0 Å². The largest absolute Gasteiger partial charge is 0.453 e. The number of para-hydroxylation sites is 1. The smallest absolute Gasteiger partial charge is 0.152 e. The molecule has 2 aliphatic rings. The number of aryl methyl sites for hydroxylation is 1. The Bertz CT molecular complexity index is 4380. The Labute approximate surface area is 522 Å². The molecule has 13 rings (SSSR count). The second-order valence-electron chi connectivity index (χ2n) is 28.1. The Morgan fingerprint density at radius 2 is 0.568 bits per heavy atom. The lowest BCUT2D eigenvalue weighted by molar-refractivity contribution is 0.477. The molecule has 0 bridgehead atoms. The van der Waals surface area contributed by atoms with Gasteiger partial charge in [0.2, 0.25) is 0 Å². The molecule has 5 heteroatoms. The lowest BCUT2D eigenvalue weighted by Crippen LogP contribution is -2.18. The number of hydrogen-bond acceptors (Lipinski definition) is 5. The van der Waals surface area contributed by atoms with Gasteiger partial charge in [-0.25, -0.2) is 0 Å². The zero-order valence-corrected chi connectivity index (χ0v) is 53.3. The summed E-state index contributed by atoms with van der Waals surface area (Å²) >= 11 is 0. The van der Waals surface area contributed by atoms with Crippen molar-refractivity contribution in [1.82, 2.24) is 0 Å². The first-order chi connectivity index (χ1) is 42.0. The monoisotopic (exact) mass is 1150 g/mol. The minimum atomic E-state index is 0.0275. The van der Waals surface area contributed by atoms with E-state index in [2.05, 4.69) is 347 Å². The van der Waals surface area contributed by atoms with Crippen molar-refractivity contribution in [2.45, 2.75) is 112 Å². The van der Waals surface area contributed by atoms with Crippen LogP contribution < -0.4 is 24.2 Å². The standard InChI is InChI=1S/C83H79N3O2/c1-54-49-70(43-44-71(54)83(11,12)13)86-74-47-29-60(56-21-33-64(34-22-56)81(5,6)7)51-78(74)88-79-53-62(30-48-75(79)86)58-25-39-68(40-26-58)84(66-17-15-14-16-18-66)67-37-23-57(24-38-67)61-28-46-73-77(52-61)87-76-50-59(55-19-31-63(32-20-55)80(2,3)4)27-45-72(76)85(73)69-41-35-65(36-42-69)82(8,9)10/h14-53H,1-13H3. The lowest BCUT2D eigenvalue weighted by Gasteiger charge is -2.34. The summed E-state index contributed by atoms with van der Waals surface area (Å²) in [5.74, 6) is 3.26. The Morgan fingerprint density at radius 1 is 0.273 bits per heavy atom. The average molecular weight is 1150 g/mol. The quantitative estimate of drug-likeness (QED) is 0.144. The summed E-state index contributed by atoms with van der Waals surface area (Å²) in [6.07, 6.45) is 0. The highest BCUT2D eigenvalue weighted by Crippen LogP contribution is 2.55. The summed E-state index contributed by atoms with van der Waals surface area (Å²) < 4.78 is 14.0. The van der Waals surface area contributed by atoms with E-state index in [9.17, 15) is 0 Å². The highest BCUT2D eigenvalue weighted by atomic mass is 16.5. The van der Waals surface area contributed by atoms with E-state index in [1.165, 1.54) is 27.8 Å². The third kappa shape index (κ3) is 11.2. The number of benzene rings is 11. The van der Waals surface area contributed by atoms with E-state index in [-0.39, 0.29) is 21.7 Å². The van der Waals surface area contributed by atoms with Gasteiger partial charge in [-0.15, -0.1) is 0 Å². The molecule has 11 aromatic rings. The molecule has 11 aromatic carbocycles. The second-order valence-corrected chi connectivity index (χ2v) is 28.1.